The molecule has 0 aliphatic heterocycles. The Morgan fingerprint density at radius 3 is 2.28 bits per heavy atom. The van der Waals surface area contributed by atoms with Crippen LogP contribution in [-0.4, -0.2) is 46.2 Å². The van der Waals surface area contributed by atoms with Gasteiger partial charge < -0.3 is 20.3 Å². The highest BCUT2D eigenvalue weighted by Gasteiger charge is 2.48. The zero-order valence-corrected chi connectivity index (χ0v) is 24.0. The number of hydrogen-bond acceptors (Lipinski definition) is 5. The molecule has 3 amide bonds. The molecule has 3 aromatic carbocycles. The molecule has 1 aliphatic carbocycles. The van der Waals surface area contributed by atoms with E-state index in [0.717, 1.165) is 28.3 Å². The first-order chi connectivity index (χ1) is 18.5. The average molecular weight is 548 g/mol. The Bertz CT molecular complexity index is 1370. The summed E-state index contributed by atoms with van der Waals surface area (Å²) in [7, 11) is 0. The molecule has 0 heterocycles. The number of anilines is 1. The molecule has 4 rings (SSSR count). The van der Waals surface area contributed by atoms with Gasteiger partial charge >= 0.3 is 6.09 Å². The maximum absolute atomic E-state index is 14.1. The van der Waals surface area contributed by atoms with E-state index in [1.807, 2.05) is 73.7 Å². The van der Waals surface area contributed by atoms with Crippen LogP contribution in [0, 0.1) is 12.8 Å². The number of benzene rings is 3. The predicted molar refractivity (Wildman–Crippen MR) is 158 cm³/mol. The molecule has 0 aromatic heterocycles. The van der Waals surface area contributed by atoms with Gasteiger partial charge in [0, 0.05) is 17.5 Å². The van der Waals surface area contributed by atoms with Crippen molar-refractivity contribution in [2.45, 2.75) is 64.8 Å². The summed E-state index contributed by atoms with van der Waals surface area (Å²) in [6, 6.07) is 19.3. The first-order valence-electron chi connectivity index (χ1n) is 13.3. The molecule has 4 unspecified atom stereocenters. The molecule has 0 radical (unpaired) electrons. The topological polar surface area (TPSA) is 87.7 Å². The van der Waals surface area contributed by atoms with Gasteiger partial charge in [0.15, 0.2) is 0 Å². The number of nitrogens with one attached hydrogen (secondary N) is 2. The van der Waals surface area contributed by atoms with Gasteiger partial charge in [-0.15, -0.1) is 0 Å². The van der Waals surface area contributed by atoms with Crippen LogP contribution < -0.4 is 10.6 Å². The van der Waals surface area contributed by atoms with Crippen molar-refractivity contribution in [3.05, 3.63) is 77.9 Å². The third-order valence-corrected chi connectivity index (χ3v) is 7.24. The molecule has 0 spiro atoms. The van der Waals surface area contributed by atoms with Gasteiger partial charge in [0.2, 0.25) is 5.91 Å². The highest BCUT2D eigenvalue weighted by molar-refractivity contribution is 7.80. The van der Waals surface area contributed by atoms with Crippen molar-refractivity contribution in [1.29, 1.82) is 0 Å². The van der Waals surface area contributed by atoms with Gasteiger partial charge in [-0.3, -0.25) is 9.59 Å². The molecule has 0 bridgehead atoms. The van der Waals surface area contributed by atoms with Crippen LogP contribution in [0.4, 0.5) is 10.5 Å². The highest BCUT2D eigenvalue weighted by Crippen LogP contribution is 2.41. The molecule has 1 saturated carbocycles. The van der Waals surface area contributed by atoms with E-state index in [1.165, 1.54) is 0 Å². The van der Waals surface area contributed by atoms with E-state index in [1.54, 1.807) is 25.7 Å². The maximum atomic E-state index is 14.1. The molecule has 206 valence electrons. The number of carbonyl (C=O) groups is 3. The number of fused-ring (bicyclic) bond motifs is 1. The van der Waals surface area contributed by atoms with Gasteiger partial charge in [0.05, 0.1) is 0 Å². The minimum atomic E-state index is -0.962. The molecule has 4 atom stereocenters. The lowest BCUT2D eigenvalue weighted by molar-refractivity contribution is -0.141. The van der Waals surface area contributed by atoms with Crippen LogP contribution in [0.25, 0.3) is 10.8 Å². The van der Waals surface area contributed by atoms with Crippen molar-refractivity contribution < 1.29 is 19.1 Å². The summed E-state index contributed by atoms with van der Waals surface area (Å²) in [6.45, 7) is 9.26. The first-order valence-corrected chi connectivity index (χ1v) is 13.9. The van der Waals surface area contributed by atoms with Crippen LogP contribution in [0.2, 0.25) is 0 Å². The normalized spacial score (nSPS) is 18.1. The fraction of sp³-hybridized carbons (Fsp3) is 0.387. The Hall–Kier alpha value is -3.52. The van der Waals surface area contributed by atoms with E-state index in [-0.39, 0.29) is 29.5 Å². The van der Waals surface area contributed by atoms with Crippen molar-refractivity contribution >= 4 is 47.0 Å². The second kappa shape index (κ2) is 11.7. The molecular formula is C31H37N3O4S. The third kappa shape index (κ3) is 6.92. The number of hydrogen-bond donors (Lipinski definition) is 3. The number of alkyl carbamates (subject to hydrolysis) is 1. The van der Waals surface area contributed by atoms with Crippen LogP contribution in [0.3, 0.4) is 0 Å². The summed E-state index contributed by atoms with van der Waals surface area (Å²) in [6.07, 6.45) is 0.0649. The zero-order valence-electron chi connectivity index (χ0n) is 23.1. The number of carbonyl (C=O) groups excluding carboxylic acids is 3. The molecule has 39 heavy (non-hydrogen) atoms. The van der Waals surface area contributed by atoms with Gasteiger partial charge in [0.25, 0.3) is 5.91 Å². The average Bonchev–Trinajstić information content (AvgIpc) is 3.60. The lowest BCUT2D eigenvalue weighted by atomic mass is 9.97. The lowest BCUT2D eigenvalue weighted by Gasteiger charge is -2.35. The summed E-state index contributed by atoms with van der Waals surface area (Å²) in [5.41, 5.74) is 1.55. The fourth-order valence-electron chi connectivity index (χ4n) is 4.78. The monoisotopic (exact) mass is 547 g/mol. The SMILES string of the molecule is Cc1ccccc1C(C(=O)Nc1ccc2ccccc2c1)N(C(=O)C(CS)NC(=O)OC(C)(C)C)C1CC1C. The second-order valence-electron chi connectivity index (χ2n) is 11.2. The summed E-state index contributed by atoms with van der Waals surface area (Å²) in [4.78, 5) is 42.4. The summed E-state index contributed by atoms with van der Waals surface area (Å²) in [5.74, 6) is -0.409. The number of ether oxygens (including phenoxy) is 1. The van der Waals surface area contributed by atoms with E-state index in [4.69, 9.17) is 4.74 Å². The second-order valence-corrected chi connectivity index (χ2v) is 11.6. The first kappa shape index (κ1) is 28.5. The lowest BCUT2D eigenvalue weighted by Crippen LogP contribution is -2.54. The quantitative estimate of drug-likeness (QED) is 0.307. The number of amides is 3. The van der Waals surface area contributed by atoms with Crippen LogP contribution >= 0.6 is 12.6 Å². The number of nitrogens with zero attached hydrogens (tertiary/aromatic N) is 1. The minimum absolute atomic E-state index is 0.0580. The van der Waals surface area contributed by atoms with Gasteiger partial charge in [-0.25, -0.2) is 4.79 Å². The molecule has 8 heteroatoms. The van der Waals surface area contributed by atoms with Crippen molar-refractivity contribution in [3.63, 3.8) is 0 Å². The zero-order chi connectivity index (χ0) is 28.3. The van der Waals surface area contributed by atoms with Crippen molar-refractivity contribution in [1.82, 2.24) is 10.2 Å². The Labute approximate surface area is 235 Å². The molecular weight excluding hydrogens is 510 g/mol. The molecule has 1 fully saturated rings. The summed E-state index contributed by atoms with van der Waals surface area (Å²) < 4.78 is 5.39. The standard InChI is InChI=1S/C31H37N3O4S/c1-19-10-6-9-13-24(19)27(28(35)32-23-15-14-21-11-7-8-12-22(21)17-23)34(26-16-20(26)2)29(36)25(18-39)33-30(37)38-31(3,4)5/h6-15,17,20,25-27,39H,16,18H2,1-5H3,(H,32,35)(H,33,37). The molecule has 1 aliphatic rings. The third-order valence-electron chi connectivity index (χ3n) is 6.88. The number of rotatable bonds is 8. The predicted octanol–water partition coefficient (Wildman–Crippen LogP) is 5.89. The van der Waals surface area contributed by atoms with Gasteiger partial charge in [-0.05, 0) is 74.1 Å². The van der Waals surface area contributed by atoms with Gasteiger partial charge in [-0.1, -0.05) is 61.5 Å². The fourth-order valence-corrected chi connectivity index (χ4v) is 5.02. The molecule has 2 N–H and O–H groups in total. The largest absolute Gasteiger partial charge is 0.444 e. The molecule has 3 aromatic rings. The Kier molecular flexibility index (Phi) is 8.54. The van der Waals surface area contributed by atoms with E-state index in [2.05, 4.69) is 30.2 Å². The number of aryl methyl sites for hydroxylation is 1. The van der Waals surface area contributed by atoms with E-state index < -0.39 is 23.8 Å². The maximum Gasteiger partial charge on any atom is 0.408 e. The van der Waals surface area contributed by atoms with Crippen molar-refractivity contribution in [3.8, 4) is 0 Å². The van der Waals surface area contributed by atoms with E-state index in [0.29, 0.717) is 5.69 Å². The Morgan fingerprint density at radius 1 is 1.03 bits per heavy atom. The summed E-state index contributed by atoms with van der Waals surface area (Å²) in [5, 5.41) is 7.80. The van der Waals surface area contributed by atoms with Crippen molar-refractivity contribution in [2.24, 2.45) is 5.92 Å². The van der Waals surface area contributed by atoms with Gasteiger partial charge in [0.1, 0.15) is 17.7 Å². The molecule has 0 saturated heterocycles. The van der Waals surface area contributed by atoms with E-state index >= 15 is 0 Å². The minimum Gasteiger partial charge on any atom is -0.444 e. The highest BCUT2D eigenvalue weighted by atomic mass is 32.1. The number of thiol groups is 1. The Balaban J connectivity index is 1.69. The Morgan fingerprint density at radius 2 is 1.67 bits per heavy atom. The van der Waals surface area contributed by atoms with Crippen molar-refractivity contribution in [2.75, 3.05) is 11.1 Å². The van der Waals surface area contributed by atoms with Crippen LogP contribution in [0.5, 0.6) is 0 Å². The van der Waals surface area contributed by atoms with E-state index in [9.17, 15) is 14.4 Å². The van der Waals surface area contributed by atoms with Crippen LogP contribution in [-0.2, 0) is 14.3 Å². The van der Waals surface area contributed by atoms with Crippen LogP contribution in [0.1, 0.15) is 51.3 Å². The van der Waals surface area contributed by atoms with Gasteiger partial charge in [-0.2, -0.15) is 12.6 Å². The summed E-state index contributed by atoms with van der Waals surface area (Å²) >= 11 is 4.37. The molecule has 7 nitrogen and oxygen atoms in total. The smallest absolute Gasteiger partial charge is 0.408 e. The van der Waals surface area contributed by atoms with Crippen LogP contribution in [0.15, 0.2) is 66.7 Å².